The second-order valence-corrected chi connectivity index (χ2v) is 5.24. The van der Waals surface area contributed by atoms with Crippen LogP contribution in [0.1, 0.15) is 15.9 Å². The molecule has 0 saturated carbocycles. The van der Waals surface area contributed by atoms with E-state index in [-0.39, 0.29) is 17.2 Å². The van der Waals surface area contributed by atoms with Gasteiger partial charge in [0, 0.05) is 6.08 Å². The average molecular weight is 317 g/mol. The zero-order valence-electron chi connectivity index (χ0n) is 12.8. The van der Waals surface area contributed by atoms with Crippen LogP contribution in [-0.2, 0) is 4.79 Å². The molecule has 0 aliphatic carbocycles. The second kappa shape index (κ2) is 6.79. The molecule has 24 heavy (non-hydrogen) atoms. The molecule has 3 rings (SSSR count). The summed E-state index contributed by atoms with van der Waals surface area (Å²) in [6.45, 7) is 0. The van der Waals surface area contributed by atoms with Gasteiger partial charge in [-0.2, -0.15) is 0 Å². The van der Waals surface area contributed by atoms with Crippen molar-refractivity contribution in [2.75, 3.05) is 5.32 Å². The van der Waals surface area contributed by atoms with E-state index >= 15 is 0 Å². The molecular weight excluding hydrogens is 302 g/mol. The van der Waals surface area contributed by atoms with E-state index < -0.39 is 5.97 Å². The number of benzene rings is 3. The van der Waals surface area contributed by atoms with Crippen LogP contribution in [0, 0.1) is 0 Å². The van der Waals surface area contributed by atoms with Crippen LogP contribution in [0.15, 0.2) is 72.8 Å². The number of anilines is 1. The Morgan fingerprint density at radius 3 is 2.42 bits per heavy atom. The van der Waals surface area contributed by atoms with E-state index in [2.05, 4.69) is 5.32 Å². The number of hydrogen-bond acceptors (Lipinski definition) is 2. The molecule has 0 aliphatic heterocycles. The number of para-hydroxylation sites is 1. The highest BCUT2D eigenvalue weighted by Crippen LogP contribution is 2.20. The zero-order chi connectivity index (χ0) is 16.9. The number of carboxylic acid groups (broad SMARTS) is 1. The maximum atomic E-state index is 12.1. The molecule has 1 amide bonds. The summed E-state index contributed by atoms with van der Waals surface area (Å²) in [5.41, 5.74) is 1.26. The van der Waals surface area contributed by atoms with Crippen LogP contribution in [0.2, 0.25) is 0 Å². The van der Waals surface area contributed by atoms with Gasteiger partial charge in [-0.15, -0.1) is 0 Å². The fourth-order valence-electron chi connectivity index (χ4n) is 2.51. The van der Waals surface area contributed by atoms with Crippen LogP contribution in [0.5, 0.6) is 0 Å². The number of aromatic carboxylic acids is 1. The van der Waals surface area contributed by atoms with E-state index in [4.69, 9.17) is 5.11 Å². The molecule has 0 aromatic heterocycles. The first-order valence-electron chi connectivity index (χ1n) is 7.44. The van der Waals surface area contributed by atoms with Crippen LogP contribution in [0.4, 0.5) is 5.69 Å². The first-order chi connectivity index (χ1) is 11.6. The summed E-state index contributed by atoms with van der Waals surface area (Å²) < 4.78 is 0. The van der Waals surface area contributed by atoms with Crippen LogP contribution < -0.4 is 5.32 Å². The van der Waals surface area contributed by atoms with Gasteiger partial charge in [-0.05, 0) is 34.5 Å². The summed E-state index contributed by atoms with van der Waals surface area (Å²) in [6.07, 6.45) is 3.13. The smallest absolute Gasteiger partial charge is 0.337 e. The molecule has 0 spiro atoms. The second-order valence-electron chi connectivity index (χ2n) is 5.24. The molecule has 0 unspecified atom stereocenters. The standard InChI is InChI=1S/C20H15NO3/c22-19(21-18-11-4-3-10-17(18)20(23)24)13-12-15-8-5-7-14-6-1-2-9-16(14)15/h1-13H,(H,21,22)(H,23,24)/b13-12+. The van der Waals surface area contributed by atoms with Gasteiger partial charge in [0.05, 0.1) is 11.3 Å². The van der Waals surface area contributed by atoms with Gasteiger partial charge in [0.1, 0.15) is 0 Å². The van der Waals surface area contributed by atoms with Crippen molar-refractivity contribution < 1.29 is 14.7 Å². The molecule has 4 nitrogen and oxygen atoms in total. The minimum Gasteiger partial charge on any atom is -0.478 e. The third-order valence-electron chi connectivity index (χ3n) is 3.65. The van der Waals surface area contributed by atoms with Crippen molar-refractivity contribution in [2.45, 2.75) is 0 Å². The van der Waals surface area contributed by atoms with Crippen molar-refractivity contribution in [1.82, 2.24) is 0 Å². The Labute approximate surface area is 139 Å². The van der Waals surface area contributed by atoms with E-state index in [9.17, 15) is 9.59 Å². The van der Waals surface area contributed by atoms with Crippen molar-refractivity contribution in [3.05, 3.63) is 83.9 Å². The molecule has 2 N–H and O–H groups in total. The van der Waals surface area contributed by atoms with Crippen molar-refractivity contribution in [1.29, 1.82) is 0 Å². The highest BCUT2D eigenvalue weighted by atomic mass is 16.4. The highest BCUT2D eigenvalue weighted by Gasteiger charge is 2.10. The number of amides is 1. The summed E-state index contributed by atoms with van der Waals surface area (Å²) in [7, 11) is 0. The summed E-state index contributed by atoms with van der Waals surface area (Å²) in [5, 5.41) is 13.9. The van der Waals surface area contributed by atoms with E-state index in [0.29, 0.717) is 0 Å². The van der Waals surface area contributed by atoms with Gasteiger partial charge in [0.15, 0.2) is 0 Å². The average Bonchev–Trinajstić information content (AvgIpc) is 2.60. The fraction of sp³-hybridized carbons (Fsp3) is 0. The number of nitrogens with one attached hydrogen (secondary N) is 1. The molecule has 0 bridgehead atoms. The van der Waals surface area contributed by atoms with Crippen molar-refractivity contribution in [3.8, 4) is 0 Å². The lowest BCUT2D eigenvalue weighted by Gasteiger charge is -2.06. The Bertz CT molecular complexity index is 939. The third-order valence-corrected chi connectivity index (χ3v) is 3.65. The lowest BCUT2D eigenvalue weighted by Crippen LogP contribution is -2.11. The molecule has 0 atom stereocenters. The van der Waals surface area contributed by atoms with Gasteiger partial charge in [-0.1, -0.05) is 54.6 Å². The first-order valence-corrected chi connectivity index (χ1v) is 7.44. The van der Waals surface area contributed by atoms with Gasteiger partial charge in [-0.3, -0.25) is 4.79 Å². The highest BCUT2D eigenvalue weighted by molar-refractivity contribution is 6.06. The first kappa shape index (κ1) is 15.5. The Hall–Kier alpha value is -3.40. The molecule has 0 radical (unpaired) electrons. The van der Waals surface area contributed by atoms with Crippen molar-refractivity contribution in [3.63, 3.8) is 0 Å². The monoisotopic (exact) mass is 317 g/mol. The Morgan fingerprint density at radius 1 is 0.875 bits per heavy atom. The van der Waals surface area contributed by atoms with Gasteiger partial charge < -0.3 is 10.4 Å². The lowest BCUT2D eigenvalue weighted by molar-refractivity contribution is -0.111. The molecule has 4 heteroatoms. The van der Waals surface area contributed by atoms with Crippen LogP contribution in [0.25, 0.3) is 16.8 Å². The number of carbonyl (C=O) groups excluding carboxylic acids is 1. The van der Waals surface area contributed by atoms with Crippen LogP contribution in [0.3, 0.4) is 0 Å². The normalized spacial score (nSPS) is 10.8. The molecular formula is C20H15NO3. The SMILES string of the molecule is O=C(/C=C/c1cccc2ccccc12)Nc1ccccc1C(=O)O. The number of carboxylic acids is 1. The quantitative estimate of drug-likeness (QED) is 0.709. The van der Waals surface area contributed by atoms with E-state index in [1.165, 1.54) is 12.1 Å². The Kier molecular flexibility index (Phi) is 4.38. The van der Waals surface area contributed by atoms with Crippen LogP contribution >= 0.6 is 0 Å². The maximum absolute atomic E-state index is 12.1. The molecule has 0 aliphatic rings. The number of rotatable bonds is 4. The molecule has 0 saturated heterocycles. The predicted octanol–water partition coefficient (Wildman–Crippen LogP) is 4.19. The van der Waals surface area contributed by atoms with Gasteiger partial charge in [0.25, 0.3) is 0 Å². The fourth-order valence-corrected chi connectivity index (χ4v) is 2.51. The molecule has 3 aromatic carbocycles. The van der Waals surface area contributed by atoms with Crippen LogP contribution in [-0.4, -0.2) is 17.0 Å². The van der Waals surface area contributed by atoms with E-state index in [1.54, 1.807) is 24.3 Å². The number of carbonyl (C=O) groups is 2. The summed E-state index contributed by atoms with van der Waals surface area (Å²) >= 11 is 0. The van der Waals surface area contributed by atoms with Gasteiger partial charge in [-0.25, -0.2) is 4.79 Å². The van der Waals surface area contributed by atoms with Gasteiger partial charge >= 0.3 is 5.97 Å². The Morgan fingerprint density at radius 2 is 1.58 bits per heavy atom. The largest absolute Gasteiger partial charge is 0.478 e. The van der Waals surface area contributed by atoms with E-state index in [0.717, 1.165) is 16.3 Å². The van der Waals surface area contributed by atoms with Gasteiger partial charge in [0.2, 0.25) is 5.91 Å². The maximum Gasteiger partial charge on any atom is 0.337 e. The molecule has 118 valence electrons. The minimum atomic E-state index is -1.08. The predicted molar refractivity (Wildman–Crippen MR) is 95.0 cm³/mol. The summed E-state index contributed by atoms with van der Waals surface area (Å²) in [4.78, 5) is 23.3. The summed E-state index contributed by atoms with van der Waals surface area (Å²) in [5.74, 6) is -1.46. The minimum absolute atomic E-state index is 0.0596. The topological polar surface area (TPSA) is 66.4 Å². The Balaban J connectivity index is 1.82. The lowest BCUT2D eigenvalue weighted by atomic mass is 10.0. The third kappa shape index (κ3) is 3.33. The van der Waals surface area contributed by atoms with Crippen molar-refractivity contribution >= 4 is 34.4 Å². The molecule has 3 aromatic rings. The molecule has 0 fully saturated rings. The van der Waals surface area contributed by atoms with Crippen molar-refractivity contribution in [2.24, 2.45) is 0 Å². The van der Waals surface area contributed by atoms with E-state index in [1.807, 2.05) is 42.5 Å². The molecule has 0 heterocycles. The number of fused-ring (bicyclic) bond motifs is 1. The number of hydrogen-bond donors (Lipinski definition) is 2. The summed E-state index contributed by atoms with van der Waals surface area (Å²) in [6, 6.07) is 20.1. The zero-order valence-corrected chi connectivity index (χ0v) is 12.8.